The van der Waals surface area contributed by atoms with Crippen LogP contribution in [0.3, 0.4) is 0 Å². The number of rotatable bonds is 1. The van der Waals surface area contributed by atoms with Gasteiger partial charge >= 0.3 is 0 Å². The highest BCUT2D eigenvalue weighted by atomic mass is 16.6. The molecule has 0 bridgehead atoms. The van der Waals surface area contributed by atoms with Crippen LogP contribution < -0.4 is 0 Å². The van der Waals surface area contributed by atoms with Gasteiger partial charge < -0.3 is 0 Å². The van der Waals surface area contributed by atoms with Crippen molar-refractivity contribution in [2.24, 2.45) is 0 Å². The topological polar surface area (TPSA) is 73.1 Å². The lowest BCUT2D eigenvalue weighted by atomic mass is 10.2. The fraction of sp³-hybridized carbons (Fsp3) is 0.250. The predicted molar refractivity (Wildman–Crippen MR) is 43.5 cm³/mol. The van der Waals surface area contributed by atoms with Gasteiger partial charge in [-0.25, -0.2) is 0 Å². The molecule has 0 aromatic carbocycles. The van der Waals surface area contributed by atoms with Crippen molar-refractivity contribution in [3.8, 4) is 0 Å². The van der Waals surface area contributed by atoms with Crippen molar-refractivity contribution in [3.63, 3.8) is 0 Å². The van der Waals surface area contributed by atoms with E-state index < -0.39 is 4.92 Å². The monoisotopic (exact) mass is 178 g/mol. The maximum atomic E-state index is 11.2. The average Bonchev–Trinajstić information content (AvgIpc) is 2.47. The quantitative estimate of drug-likeness (QED) is 0.477. The molecule has 0 aliphatic heterocycles. The largest absolute Gasteiger partial charge is 0.294 e. The van der Waals surface area contributed by atoms with E-state index in [9.17, 15) is 14.9 Å². The number of aryl methyl sites for hydroxylation is 1. The Hall–Kier alpha value is -1.78. The molecule has 2 rings (SSSR count). The first-order valence-electron chi connectivity index (χ1n) is 3.85. The molecule has 0 amide bonds. The molecule has 1 aliphatic carbocycles. The van der Waals surface area contributed by atoms with Gasteiger partial charge in [-0.3, -0.25) is 19.9 Å². The Labute approximate surface area is 73.6 Å². The van der Waals surface area contributed by atoms with E-state index in [1.165, 1.54) is 12.3 Å². The third-order valence-electron chi connectivity index (χ3n) is 2.06. The summed E-state index contributed by atoms with van der Waals surface area (Å²) in [4.78, 5) is 24.9. The first-order valence-corrected chi connectivity index (χ1v) is 3.85. The number of carbonyl (C=O) groups excluding carboxylic acids is 1. The van der Waals surface area contributed by atoms with Crippen molar-refractivity contribution >= 4 is 11.5 Å². The van der Waals surface area contributed by atoms with E-state index >= 15 is 0 Å². The maximum absolute atomic E-state index is 11.2. The first kappa shape index (κ1) is 7.85. The minimum absolute atomic E-state index is 0.0498. The van der Waals surface area contributed by atoms with E-state index in [4.69, 9.17) is 0 Å². The Morgan fingerprint density at radius 3 is 2.92 bits per heavy atom. The smallest absolute Gasteiger partial charge is 0.288 e. The third kappa shape index (κ3) is 1.18. The van der Waals surface area contributed by atoms with Crippen molar-refractivity contribution in [1.82, 2.24) is 4.98 Å². The van der Waals surface area contributed by atoms with Gasteiger partial charge in [-0.2, -0.15) is 0 Å². The van der Waals surface area contributed by atoms with Crippen LogP contribution in [0.2, 0.25) is 0 Å². The summed E-state index contributed by atoms with van der Waals surface area (Å²) in [5, 5.41) is 10.4. The summed E-state index contributed by atoms with van der Waals surface area (Å²) in [6.07, 6.45) is 2.22. The second kappa shape index (κ2) is 2.62. The molecule has 0 unspecified atom stereocenters. The maximum Gasteiger partial charge on any atom is 0.288 e. The molecule has 0 saturated carbocycles. The molecule has 0 spiro atoms. The summed E-state index contributed by atoms with van der Waals surface area (Å²) in [6.45, 7) is 0. The lowest BCUT2D eigenvalue weighted by Crippen LogP contribution is -1.96. The number of hydrogen-bond acceptors (Lipinski definition) is 4. The number of nitro groups is 1. The molecule has 0 atom stereocenters. The van der Waals surface area contributed by atoms with Gasteiger partial charge in [0.05, 0.1) is 10.6 Å². The summed E-state index contributed by atoms with van der Waals surface area (Å²) >= 11 is 0. The van der Waals surface area contributed by atoms with Crippen molar-refractivity contribution in [1.29, 1.82) is 0 Å². The van der Waals surface area contributed by atoms with Gasteiger partial charge in [-0.1, -0.05) is 0 Å². The van der Waals surface area contributed by atoms with E-state index in [-0.39, 0.29) is 11.5 Å². The van der Waals surface area contributed by atoms with Crippen molar-refractivity contribution in [2.45, 2.75) is 12.8 Å². The standard InChI is InChI=1S/C8H6N2O3/c11-8-2-1-7-6(8)3-5(4-9-7)10(12)13/h3-4H,1-2H2. The molecule has 1 aromatic heterocycles. The zero-order valence-corrected chi connectivity index (χ0v) is 6.69. The molecule has 5 heteroatoms. The molecule has 0 saturated heterocycles. The lowest BCUT2D eigenvalue weighted by molar-refractivity contribution is -0.385. The zero-order valence-electron chi connectivity index (χ0n) is 6.69. The number of aromatic nitrogens is 1. The minimum atomic E-state index is -0.543. The fourth-order valence-corrected chi connectivity index (χ4v) is 1.39. The van der Waals surface area contributed by atoms with Crippen LogP contribution >= 0.6 is 0 Å². The summed E-state index contributed by atoms with van der Waals surface area (Å²) in [5.74, 6) is -0.0498. The highest BCUT2D eigenvalue weighted by Gasteiger charge is 2.23. The minimum Gasteiger partial charge on any atom is -0.294 e. The SMILES string of the molecule is O=C1CCc2ncc([N+](=O)[O-])cc21. The predicted octanol–water partition coefficient (Wildman–Crippen LogP) is 1.12. The zero-order chi connectivity index (χ0) is 9.42. The van der Waals surface area contributed by atoms with Gasteiger partial charge in [0.25, 0.3) is 5.69 Å². The lowest BCUT2D eigenvalue weighted by Gasteiger charge is -1.95. The first-order chi connectivity index (χ1) is 6.18. The second-order valence-electron chi connectivity index (χ2n) is 2.87. The van der Waals surface area contributed by atoms with Crippen LogP contribution in [0.15, 0.2) is 12.3 Å². The Morgan fingerprint density at radius 2 is 2.23 bits per heavy atom. The summed E-state index contributed by atoms with van der Waals surface area (Å²) in [7, 11) is 0. The number of carbonyl (C=O) groups is 1. The van der Waals surface area contributed by atoms with E-state index in [0.717, 1.165) is 0 Å². The summed E-state index contributed by atoms with van der Waals surface area (Å²) < 4.78 is 0. The number of pyridine rings is 1. The van der Waals surface area contributed by atoms with Gasteiger partial charge in [-0.15, -0.1) is 0 Å². The molecule has 1 aliphatic rings. The molecule has 1 heterocycles. The fourth-order valence-electron chi connectivity index (χ4n) is 1.39. The van der Waals surface area contributed by atoms with Gasteiger partial charge in [-0.05, 0) is 6.42 Å². The highest BCUT2D eigenvalue weighted by Crippen LogP contribution is 2.23. The number of Topliss-reactive ketones (excluding diaryl/α,β-unsaturated/α-hetero) is 1. The molecule has 13 heavy (non-hydrogen) atoms. The molecular weight excluding hydrogens is 172 g/mol. The highest BCUT2D eigenvalue weighted by molar-refractivity contribution is 6.00. The van der Waals surface area contributed by atoms with E-state index in [0.29, 0.717) is 24.1 Å². The van der Waals surface area contributed by atoms with Gasteiger partial charge in [0.15, 0.2) is 5.78 Å². The van der Waals surface area contributed by atoms with Crippen LogP contribution in [-0.4, -0.2) is 15.7 Å². The Bertz CT molecular complexity index is 400. The molecule has 0 fully saturated rings. The number of nitrogens with zero attached hydrogens (tertiary/aromatic N) is 2. The Morgan fingerprint density at radius 1 is 1.46 bits per heavy atom. The normalized spacial score (nSPS) is 14.3. The molecular formula is C8H6N2O3. The van der Waals surface area contributed by atoms with E-state index in [1.807, 2.05) is 0 Å². The van der Waals surface area contributed by atoms with Crippen molar-refractivity contribution < 1.29 is 9.72 Å². The molecule has 0 radical (unpaired) electrons. The van der Waals surface area contributed by atoms with Crippen molar-refractivity contribution in [3.05, 3.63) is 33.6 Å². The van der Waals surface area contributed by atoms with Crippen molar-refractivity contribution in [2.75, 3.05) is 0 Å². The number of hydrogen-bond donors (Lipinski definition) is 0. The van der Waals surface area contributed by atoms with Gasteiger partial charge in [0.2, 0.25) is 0 Å². The number of ketones is 1. The van der Waals surface area contributed by atoms with Crippen LogP contribution in [0.4, 0.5) is 5.69 Å². The van der Waals surface area contributed by atoms with E-state index in [2.05, 4.69) is 4.98 Å². The third-order valence-corrected chi connectivity index (χ3v) is 2.06. The van der Waals surface area contributed by atoms with Crippen LogP contribution in [-0.2, 0) is 6.42 Å². The molecule has 0 N–H and O–H groups in total. The second-order valence-corrected chi connectivity index (χ2v) is 2.87. The van der Waals surface area contributed by atoms with Gasteiger partial charge in [0, 0.05) is 18.1 Å². The summed E-state index contributed by atoms with van der Waals surface area (Å²) in [6, 6.07) is 1.30. The molecule has 1 aromatic rings. The van der Waals surface area contributed by atoms with Crippen LogP contribution in [0, 0.1) is 10.1 Å². The van der Waals surface area contributed by atoms with Crippen LogP contribution in [0.5, 0.6) is 0 Å². The average molecular weight is 178 g/mol. The Balaban J connectivity index is 2.54. The number of fused-ring (bicyclic) bond motifs is 1. The van der Waals surface area contributed by atoms with Gasteiger partial charge in [0.1, 0.15) is 6.20 Å². The summed E-state index contributed by atoms with van der Waals surface area (Å²) in [5.41, 5.74) is 0.971. The van der Waals surface area contributed by atoms with Crippen LogP contribution in [0.1, 0.15) is 22.5 Å². The molecule has 5 nitrogen and oxygen atoms in total. The molecule has 66 valence electrons. The Kier molecular flexibility index (Phi) is 1.58. The van der Waals surface area contributed by atoms with Crippen LogP contribution in [0.25, 0.3) is 0 Å². The van der Waals surface area contributed by atoms with E-state index in [1.54, 1.807) is 0 Å².